The number of amides is 1. The normalized spacial score (nSPS) is 13.9. The Balaban J connectivity index is 2.41. The Morgan fingerprint density at radius 2 is 1.86 bits per heavy atom. The van der Waals surface area contributed by atoms with Crippen LogP contribution in [0, 0.1) is 6.92 Å². The van der Waals surface area contributed by atoms with E-state index in [1.165, 1.54) is 0 Å². The van der Waals surface area contributed by atoms with E-state index >= 15 is 0 Å². The Hall–Kier alpha value is -2.08. The molecule has 0 heterocycles. The molecule has 2 atom stereocenters. The van der Waals surface area contributed by atoms with E-state index in [-0.39, 0.29) is 6.61 Å². The van der Waals surface area contributed by atoms with E-state index < -0.39 is 29.8 Å². The maximum Gasteiger partial charge on any atom is 0.407 e. The van der Waals surface area contributed by atoms with Crippen LogP contribution in [0.25, 0.3) is 0 Å². The Morgan fingerprint density at radius 3 is 2.41 bits per heavy atom. The maximum absolute atomic E-state index is 11.7. The van der Waals surface area contributed by atoms with Crippen molar-refractivity contribution in [1.29, 1.82) is 0 Å². The summed E-state index contributed by atoms with van der Waals surface area (Å²) >= 11 is 0. The number of rotatable bonds is 5. The molecule has 0 spiro atoms. The molecule has 0 fully saturated rings. The predicted octanol–water partition coefficient (Wildman–Crippen LogP) is 1.82. The lowest BCUT2D eigenvalue weighted by molar-refractivity contribution is -0.165. The summed E-state index contributed by atoms with van der Waals surface area (Å²) < 4.78 is 9.99. The molecule has 2 N–H and O–H groups in total. The molecule has 0 saturated heterocycles. The number of carbonyl (C=O) groups is 2. The molecule has 6 nitrogen and oxygen atoms in total. The molecule has 2 unspecified atom stereocenters. The molecule has 22 heavy (non-hydrogen) atoms. The number of nitrogens with one attached hydrogen (secondary N) is 1. The number of aliphatic hydroxyl groups is 1. The summed E-state index contributed by atoms with van der Waals surface area (Å²) in [6.45, 7) is 8.64. The van der Waals surface area contributed by atoms with Gasteiger partial charge in [0.2, 0.25) is 0 Å². The smallest absolute Gasteiger partial charge is 0.407 e. The van der Waals surface area contributed by atoms with Gasteiger partial charge in [0.15, 0.2) is 6.10 Å². The van der Waals surface area contributed by atoms with Gasteiger partial charge < -0.3 is 19.9 Å². The fraction of sp³-hybridized carbons (Fsp3) is 0.438. The molecule has 121 valence electrons. The second-order valence-electron chi connectivity index (χ2n) is 5.79. The van der Waals surface area contributed by atoms with Crippen molar-refractivity contribution in [3.8, 4) is 0 Å². The Kier molecular flexibility index (Phi) is 6.37. The zero-order valence-electron chi connectivity index (χ0n) is 13.0. The first kappa shape index (κ1) is 18.0. The summed E-state index contributed by atoms with van der Waals surface area (Å²) in [4.78, 5) is 23.3. The van der Waals surface area contributed by atoms with E-state index in [9.17, 15) is 14.7 Å². The van der Waals surface area contributed by atoms with Crippen molar-refractivity contribution >= 4 is 12.1 Å². The molecule has 0 aromatic heterocycles. The number of esters is 1. The standard InChI is InChI=1S/C16H22NO5/c1-11(13(18)14(19)22-16(2,3)4)17-15(20)21-10-12-8-6-5-7-9-12/h5-9,11,13,18H,1,10H2,2-4H3,(H,17,20). The van der Waals surface area contributed by atoms with Crippen LogP contribution < -0.4 is 5.32 Å². The molecule has 1 radical (unpaired) electrons. The number of ether oxygens (including phenoxy) is 2. The minimum Gasteiger partial charge on any atom is -0.458 e. The summed E-state index contributed by atoms with van der Waals surface area (Å²) in [6.07, 6.45) is -2.34. The number of carbonyl (C=O) groups excluding carboxylic acids is 2. The summed E-state index contributed by atoms with van der Waals surface area (Å²) in [5.74, 6) is -0.851. The van der Waals surface area contributed by atoms with E-state index in [1.54, 1.807) is 20.8 Å². The van der Waals surface area contributed by atoms with E-state index in [1.807, 2.05) is 30.3 Å². The van der Waals surface area contributed by atoms with Gasteiger partial charge in [-0.05, 0) is 33.3 Å². The first-order valence-corrected chi connectivity index (χ1v) is 6.90. The highest BCUT2D eigenvalue weighted by atomic mass is 16.6. The van der Waals surface area contributed by atoms with Crippen LogP contribution >= 0.6 is 0 Å². The second-order valence-corrected chi connectivity index (χ2v) is 5.79. The van der Waals surface area contributed by atoms with Gasteiger partial charge in [-0.15, -0.1) is 0 Å². The Bertz CT molecular complexity index is 495. The van der Waals surface area contributed by atoms with Crippen molar-refractivity contribution in [3.63, 3.8) is 0 Å². The molecule has 1 aromatic rings. The lowest BCUT2D eigenvalue weighted by atomic mass is 10.1. The lowest BCUT2D eigenvalue weighted by Crippen LogP contribution is -2.47. The highest BCUT2D eigenvalue weighted by Crippen LogP contribution is 2.10. The topological polar surface area (TPSA) is 84.9 Å². The second kappa shape index (κ2) is 7.79. The van der Waals surface area contributed by atoms with Crippen LogP contribution in [0.2, 0.25) is 0 Å². The molecule has 0 aliphatic heterocycles. The van der Waals surface area contributed by atoms with Gasteiger partial charge in [0.05, 0.1) is 6.04 Å². The first-order valence-electron chi connectivity index (χ1n) is 6.90. The molecule has 0 aliphatic rings. The van der Waals surface area contributed by atoms with Crippen LogP contribution in [0.15, 0.2) is 30.3 Å². The molecule has 1 rings (SSSR count). The lowest BCUT2D eigenvalue weighted by Gasteiger charge is -2.24. The van der Waals surface area contributed by atoms with Crippen molar-refractivity contribution in [2.45, 2.75) is 45.1 Å². The SMILES string of the molecule is [CH2]C(NC(=O)OCc1ccccc1)C(O)C(=O)OC(C)(C)C. The van der Waals surface area contributed by atoms with Gasteiger partial charge in [-0.3, -0.25) is 0 Å². The van der Waals surface area contributed by atoms with Crippen LogP contribution in [-0.2, 0) is 20.9 Å². The summed E-state index contributed by atoms with van der Waals surface area (Å²) in [7, 11) is 0. The Morgan fingerprint density at radius 1 is 1.27 bits per heavy atom. The van der Waals surface area contributed by atoms with Crippen LogP contribution in [0.5, 0.6) is 0 Å². The molecule has 0 aliphatic carbocycles. The van der Waals surface area contributed by atoms with Gasteiger partial charge in [0.25, 0.3) is 0 Å². The average Bonchev–Trinajstić information content (AvgIpc) is 2.43. The van der Waals surface area contributed by atoms with E-state index in [0.29, 0.717) is 0 Å². The van der Waals surface area contributed by atoms with Crippen LogP contribution in [-0.4, -0.2) is 34.9 Å². The van der Waals surface area contributed by atoms with E-state index in [4.69, 9.17) is 9.47 Å². The molecule has 0 bridgehead atoms. The average molecular weight is 308 g/mol. The largest absolute Gasteiger partial charge is 0.458 e. The van der Waals surface area contributed by atoms with Crippen LogP contribution in [0.3, 0.4) is 0 Å². The van der Waals surface area contributed by atoms with Crippen LogP contribution in [0.1, 0.15) is 26.3 Å². The zero-order chi connectivity index (χ0) is 16.8. The zero-order valence-corrected chi connectivity index (χ0v) is 13.0. The van der Waals surface area contributed by atoms with Gasteiger partial charge in [-0.25, -0.2) is 9.59 Å². The van der Waals surface area contributed by atoms with Crippen LogP contribution in [0.4, 0.5) is 4.79 Å². The predicted molar refractivity (Wildman–Crippen MR) is 80.8 cm³/mol. The third-order valence-electron chi connectivity index (χ3n) is 2.55. The molecule has 6 heteroatoms. The van der Waals surface area contributed by atoms with Gasteiger partial charge in [0, 0.05) is 0 Å². The number of hydrogen-bond acceptors (Lipinski definition) is 5. The molecule has 1 aromatic carbocycles. The van der Waals surface area contributed by atoms with E-state index in [2.05, 4.69) is 12.2 Å². The molecular weight excluding hydrogens is 286 g/mol. The number of hydrogen-bond donors (Lipinski definition) is 2. The quantitative estimate of drug-likeness (QED) is 0.811. The van der Waals surface area contributed by atoms with E-state index in [0.717, 1.165) is 5.56 Å². The monoisotopic (exact) mass is 308 g/mol. The highest BCUT2D eigenvalue weighted by molar-refractivity contribution is 5.77. The van der Waals surface area contributed by atoms with Crippen molar-refractivity contribution < 1.29 is 24.2 Å². The number of benzene rings is 1. The van der Waals surface area contributed by atoms with Gasteiger partial charge >= 0.3 is 12.1 Å². The molecular formula is C16H22NO5. The highest BCUT2D eigenvalue weighted by Gasteiger charge is 2.29. The van der Waals surface area contributed by atoms with Gasteiger partial charge in [0.1, 0.15) is 12.2 Å². The first-order chi connectivity index (χ1) is 10.2. The maximum atomic E-state index is 11.7. The summed E-state index contributed by atoms with van der Waals surface area (Å²) in [5, 5.41) is 12.1. The Labute approximate surface area is 130 Å². The van der Waals surface area contributed by atoms with Crippen molar-refractivity contribution in [3.05, 3.63) is 42.8 Å². The van der Waals surface area contributed by atoms with Crippen molar-refractivity contribution in [2.24, 2.45) is 0 Å². The number of alkyl carbamates (subject to hydrolysis) is 1. The van der Waals surface area contributed by atoms with Crippen molar-refractivity contribution in [1.82, 2.24) is 5.32 Å². The van der Waals surface area contributed by atoms with Gasteiger partial charge in [-0.2, -0.15) is 0 Å². The fourth-order valence-electron chi connectivity index (χ4n) is 1.52. The third-order valence-corrected chi connectivity index (χ3v) is 2.55. The molecule has 1 amide bonds. The number of aliphatic hydroxyl groups excluding tert-OH is 1. The summed E-state index contributed by atoms with van der Waals surface area (Å²) in [6, 6.07) is 8.06. The van der Waals surface area contributed by atoms with Gasteiger partial charge in [-0.1, -0.05) is 30.3 Å². The third kappa shape index (κ3) is 6.58. The summed E-state index contributed by atoms with van der Waals surface area (Å²) in [5.41, 5.74) is 0.0944. The minimum absolute atomic E-state index is 0.0852. The minimum atomic E-state index is -1.57. The van der Waals surface area contributed by atoms with Crippen molar-refractivity contribution in [2.75, 3.05) is 0 Å². The fourth-order valence-corrected chi connectivity index (χ4v) is 1.52. The molecule has 0 saturated carbocycles.